The number of carbonyl (C=O) groups is 1. The first kappa shape index (κ1) is 10.5. The van der Waals surface area contributed by atoms with Gasteiger partial charge in [0.25, 0.3) is 11.3 Å². The first-order valence-corrected chi connectivity index (χ1v) is 4.02. The molecule has 0 radical (unpaired) electrons. The van der Waals surface area contributed by atoms with Crippen LogP contribution in [-0.2, 0) is 20.9 Å². The Bertz CT molecular complexity index is 174. The minimum Gasteiger partial charge on any atom is -0.355 e. The summed E-state index contributed by atoms with van der Waals surface area (Å²) in [6.07, 6.45) is 0. The van der Waals surface area contributed by atoms with Crippen LogP contribution in [0.2, 0.25) is 0 Å². The van der Waals surface area contributed by atoms with Gasteiger partial charge < -0.3 is 4.84 Å². The van der Waals surface area contributed by atoms with Gasteiger partial charge in [-0.2, -0.15) is 0 Å². The van der Waals surface area contributed by atoms with Crippen molar-refractivity contribution in [3.8, 4) is 0 Å². The van der Waals surface area contributed by atoms with Gasteiger partial charge in [-0.3, -0.25) is 4.55 Å². The highest BCUT2D eigenvalue weighted by Crippen LogP contribution is 2.13. The predicted octanol–water partition coefficient (Wildman–Crippen LogP) is 0.217. The molecule has 6 heteroatoms. The molecule has 0 saturated heterocycles. The third-order valence-corrected chi connectivity index (χ3v) is 1.04. The SMILES string of the molecule is CC(C)(C)C(=O)ONS(=O)O. The molecule has 0 bridgehead atoms. The summed E-state index contributed by atoms with van der Waals surface area (Å²) in [7, 11) is 0. The van der Waals surface area contributed by atoms with Gasteiger partial charge >= 0.3 is 5.97 Å². The molecule has 0 spiro atoms. The van der Waals surface area contributed by atoms with Crippen LogP contribution >= 0.6 is 0 Å². The smallest absolute Gasteiger partial charge is 0.331 e. The molecule has 5 nitrogen and oxygen atoms in total. The second kappa shape index (κ2) is 3.80. The Morgan fingerprint density at radius 1 is 1.55 bits per heavy atom. The molecule has 2 N–H and O–H groups in total. The van der Waals surface area contributed by atoms with Crippen LogP contribution in [0.15, 0.2) is 0 Å². The summed E-state index contributed by atoms with van der Waals surface area (Å²) >= 11 is -2.31. The fourth-order valence-corrected chi connectivity index (χ4v) is 0.374. The molecule has 0 rings (SSSR count). The molecule has 0 aliphatic rings. The van der Waals surface area contributed by atoms with Gasteiger partial charge in [-0.15, -0.1) is 0 Å². The zero-order valence-corrected chi connectivity index (χ0v) is 7.40. The summed E-state index contributed by atoms with van der Waals surface area (Å²) in [5, 5.41) is 0. The topological polar surface area (TPSA) is 75.6 Å². The Balaban J connectivity index is 3.80. The lowest BCUT2D eigenvalue weighted by atomic mass is 9.98. The molecular formula is C5H11NO4S. The monoisotopic (exact) mass is 181 g/mol. The van der Waals surface area contributed by atoms with Crippen molar-refractivity contribution in [2.24, 2.45) is 5.41 Å². The third-order valence-electron chi connectivity index (χ3n) is 0.818. The Kier molecular flexibility index (Phi) is 3.64. The number of nitrogens with one attached hydrogen (secondary N) is 1. The zero-order valence-electron chi connectivity index (χ0n) is 6.58. The first-order chi connectivity index (χ1) is 4.84. The van der Waals surface area contributed by atoms with E-state index in [1.807, 2.05) is 0 Å². The van der Waals surface area contributed by atoms with Crippen molar-refractivity contribution in [3.05, 3.63) is 0 Å². The average Bonchev–Trinajstić information content (AvgIpc) is 1.80. The molecular weight excluding hydrogens is 170 g/mol. The Hall–Kier alpha value is -0.460. The molecule has 0 aromatic carbocycles. The highest BCUT2D eigenvalue weighted by molar-refractivity contribution is 7.76. The number of hydrogen-bond acceptors (Lipinski definition) is 3. The van der Waals surface area contributed by atoms with Gasteiger partial charge in [-0.25, -0.2) is 9.00 Å². The predicted molar refractivity (Wildman–Crippen MR) is 39.5 cm³/mol. The van der Waals surface area contributed by atoms with Crippen molar-refractivity contribution in [2.45, 2.75) is 20.8 Å². The van der Waals surface area contributed by atoms with Crippen molar-refractivity contribution in [1.29, 1.82) is 0 Å². The number of rotatable bonds is 2. The summed E-state index contributed by atoms with van der Waals surface area (Å²) in [5.74, 6) is -0.583. The van der Waals surface area contributed by atoms with Gasteiger partial charge in [-0.1, -0.05) is 0 Å². The van der Waals surface area contributed by atoms with Crippen LogP contribution in [0.25, 0.3) is 0 Å². The van der Waals surface area contributed by atoms with E-state index in [-0.39, 0.29) is 0 Å². The molecule has 0 heterocycles. The summed E-state index contributed by atoms with van der Waals surface area (Å²) < 4.78 is 18.1. The lowest BCUT2D eigenvalue weighted by molar-refractivity contribution is -0.156. The highest BCUT2D eigenvalue weighted by Gasteiger charge is 2.23. The quantitative estimate of drug-likeness (QED) is 0.472. The van der Waals surface area contributed by atoms with E-state index in [4.69, 9.17) is 4.55 Å². The second-order valence-corrected chi connectivity index (χ2v) is 3.64. The van der Waals surface area contributed by atoms with Crippen molar-refractivity contribution < 1.29 is 18.4 Å². The van der Waals surface area contributed by atoms with E-state index < -0.39 is 22.7 Å². The molecule has 0 aromatic heterocycles. The van der Waals surface area contributed by atoms with Crippen LogP contribution in [0, 0.1) is 5.41 Å². The molecule has 11 heavy (non-hydrogen) atoms. The molecule has 0 aromatic rings. The van der Waals surface area contributed by atoms with Crippen molar-refractivity contribution in [1.82, 2.24) is 4.89 Å². The van der Waals surface area contributed by atoms with Gasteiger partial charge in [0.15, 0.2) is 0 Å². The molecule has 0 amide bonds. The highest BCUT2D eigenvalue weighted by atomic mass is 32.2. The van der Waals surface area contributed by atoms with Crippen molar-refractivity contribution >= 4 is 17.2 Å². The largest absolute Gasteiger partial charge is 0.355 e. The molecule has 0 aliphatic heterocycles. The van der Waals surface area contributed by atoms with Gasteiger partial charge in [0, 0.05) is 0 Å². The average molecular weight is 181 g/mol. The normalized spacial score (nSPS) is 14.2. The van der Waals surface area contributed by atoms with E-state index in [1.54, 1.807) is 25.7 Å². The van der Waals surface area contributed by atoms with Crippen LogP contribution < -0.4 is 4.89 Å². The minimum absolute atomic E-state index is 0.583. The first-order valence-electron chi connectivity index (χ1n) is 2.92. The lowest BCUT2D eigenvalue weighted by Crippen LogP contribution is -2.30. The standard InChI is InChI=1S/C5H11NO4S/c1-5(2,3)4(7)10-6-11(8)9/h6H,1-3H3,(H,8,9). The van der Waals surface area contributed by atoms with Crippen molar-refractivity contribution in [2.75, 3.05) is 0 Å². The van der Waals surface area contributed by atoms with Gasteiger partial charge in [-0.05, 0) is 25.7 Å². The van der Waals surface area contributed by atoms with E-state index >= 15 is 0 Å². The molecule has 0 fully saturated rings. The molecule has 0 saturated carbocycles. The van der Waals surface area contributed by atoms with Crippen LogP contribution in [0.1, 0.15) is 20.8 Å². The summed E-state index contributed by atoms with van der Waals surface area (Å²) in [6.45, 7) is 4.91. The summed E-state index contributed by atoms with van der Waals surface area (Å²) in [5.41, 5.74) is -0.674. The van der Waals surface area contributed by atoms with E-state index in [2.05, 4.69) is 4.84 Å². The Morgan fingerprint density at radius 3 is 2.27 bits per heavy atom. The summed E-state index contributed by atoms with van der Waals surface area (Å²) in [4.78, 5) is 16.7. The van der Waals surface area contributed by atoms with E-state index in [0.29, 0.717) is 0 Å². The molecule has 1 atom stereocenters. The Morgan fingerprint density at radius 2 is 2.00 bits per heavy atom. The van der Waals surface area contributed by atoms with Gasteiger partial charge in [0.1, 0.15) is 0 Å². The van der Waals surface area contributed by atoms with Gasteiger partial charge in [0.2, 0.25) is 0 Å². The summed E-state index contributed by atoms with van der Waals surface area (Å²) in [6, 6.07) is 0. The van der Waals surface area contributed by atoms with Crippen LogP contribution in [-0.4, -0.2) is 14.7 Å². The molecule has 1 unspecified atom stereocenters. The van der Waals surface area contributed by atoms with Crippen LogP contribution in [0.5, 0.6) is 0 Å². The zero-order chi connectivity index (χ0) is 9.07. The van der Waals surface area contributed by atoms with E-state index in [0.717, 1.165) is 0 Å². The van der Waals surface area contributed by atoms with E-state index in [9.17, 15) is 9.00 Å². The Labute approximate surface area is 67.5 Å². The van der Waals surface area contributed by atoms with Crippen LogP contribution in [0.4, 0.5) is 0 Å². The minimum atomic E-state index is -2.31. The second-order valence-electron chi connectivity index (χ2n) is 2.97. The number of hydrogen-bond donors (Lipinski definition) is 2. The van der Waals surface area contributed by atoms with Crippen LogP contribution in [0.3, 0.4) is 0 Å². The third kappa shape index (κ3) is 4.88. The molecule has 0 aliphatic carbocycles. The van der Waals surface area contributed by atoms with Gasteiger partial charge in [0.05, 0.1) is 5.41 Å². The number of carbonyl (C=O) groups excluding carboxylic acids is 1. The van der Waals surface area contributed by atoms with Crippen molar-refractivity contribution in [3.63, 3.8) is 0 Å². The maximum Gasteiger partial charge on any atom is 0.331 e. The fourth-order valence-electron chi connectivity index (χ4n) is 0.227. The lowest BCUT2D eigenvalue weighted by Gasteiger charge is -2.14. The maximum atomic E-state index is 10.8. The van der Waals surface area contributed by atoms with E-state index in [1.165, 1.54) is 0 Å². The fraction of sp³-hybridized carbons (Fsp3) is 0.800. The maximum absolute atomic E-state index is 10.8. The molecule has 66 valence electrons.